The van der Waals surface area contributed by atoms with Crippen LogP contribution in [0, 0.1) is 5.92 Å². The highest BCUT2D eigenvalue weighted by Gasteiger charge is 2.54. The van der Waals surface area contributed by atoms with Gasteiger partial charge in [0.25, 0.3) is 0 Å². The predicted octanol–water partition coefficient (Wildman–Crippen LogP) is 1.40. The van der Waals surface area contributed by atoms with Gasteiger partial charge in [0.15, 0.2) is 9.84 Å². The van der Waals surface area contributed by atoms with Crippen LogP contribution < -0.4 is 5.32 Å². The van der Waals surface area contributed by atoms with Gasteiger partial charge in [-0.1, -0.05) is 20.8 Å². The molecular weight excluding hydrogens is 466 g/mol. The topological polar surface area (TPSA) is 121 Å². The molecule has 2 aliphatic rings. The number of nitrogens with one attached hydrogen (secondary N) is 1. The molecule has 1 aromatic carbocycles. The summed E-state index contributed by atoms with van der Waals surface area (Å²) in [5.74, 6) is -0.0635. The summed E-state index contributed by atoms with van der Waals surface area (Å²) < 4.78 is 50.9. The van der Waals surface area contributed by atoms with E-state index in [0.29, 0.717) is 19.4 Å². The van der Waals surface area contributed by atoms with Crippen LogP contribution in [0.3, 0.4) is 0 Å². The zero-order valence-corrected chi connectivity index (χ0v) is 21.2. The zero-order chi connectivity index (χ0) is 24.6. The van der Waals surface area contributed by atoms with Gasteiger partial charge in [0.1, 0.15) is 11.6 Å². The highest BCUT2D eigenvalue weighted by molar-refractivity contribution is 7.90. The zero-order valence-electron chi connectivity index (χ0n) is 19.6. The molecule has 9 nitrogen and oxygen atoms in total. The van der Waals surface area contributed by atoms with Gasteiger partial charge in [-0.15, -0.1) is 0 Å². The third-order valence-electron chi connectivity index (χ3n) is 6.40. The minimum atomic E-state index is -3.86. The van der Waals surface area contributed by atoms with Crippen LogP contribution in [0.1, 0.15) is 46.5 Å². The van der Waals surface area contributed by atoms with Crippen molar-refractivity contribution < 1.29 is 26.4 Å². The second-order valence-electron chi connectivity index (χ2n) is 9.32. The molecule has 2 saturated heterocycles. The molecule has 2 amide bonds. The van der Waals surface area contributed by atoms with Crippen molar-refractivity contribution in [3.8, 4) is 0 Å². The van der Waals surface area contributed by atoms with Crippen molar-refractivity contribution in [3.05, 3.63) is 24.3 Å². The largest absolute Gasteiger partial charge is 0.342 e. The molecule has 2 heterocycles. The van der Waals surface area contributed by atoms with Crippen LogP contribution in [-0.2, 0) is 29.4 Å². The third-order valence-corrected chi connectivity index (χ3v) is 9.44. The van der Waals surface area contributed by atoms with Crippen LogP contribution in [-0.4, -0.2) is 75.3 Å². The number of carbonyl (C=O) groups excluding carboxylic acids is 2. The van der Waals surface area contributed by atoms with E-state index < -0.39 is 31.4 Å². The van der Waals surface area contributed by atoms with Crippen molar-refractivity contribution in [3.63, 3.8) is 0 Å². The molecule has 1 aromatic rings. The van der Waals surface area contributed by atoms with Crippen molar-refractivity contribution in [1.29, 1.82) is 0 Å². The third kappa shape index (κ3) is 4.95. The van der Waals surface area contributed by atoms with Crippen LogP contribution in [0.2, 0.25) is 0 Å². The number of hydrogen-bond acceptors (Lipinski definition) is 6. The van der Waals surface area contributed by atoms with Crippen molar-refractivity contribution in [2.45, 2.75) is 67.8 Å². The first-order valence-electron chi connectivity index (χ1n) is 11.3. The van der Waals surface area contributed by atoms with Gasteiger partial charge < -0.3 is 10.2 Å². The lowest BCUT2D eigenvalue weighted by Crippen LogP contribution is -2.73. The Bertz CT molecular complexity index is 1110. The molecule has 1 spiro atoms. The number of carbonyl (C=O) groups is 2. The minimum Gasteiger partial charge on any atom is -0.342 e. The lowest BCUT2D eigenvalue weighted by Gasteiger charge is -2.51. The normalized spacial score (nSPS) is 22.1. The molecule has 11 heteroatoms. The fourth-order valence-electron chi connectivity index (χ4n) is 4.66. The van der Waals surface area contributed by atoms with Crippen LogP contribution in [0.25, 0.3) is 0 Å². The number of piperidine rings is 1. The number of sulfonamides is 1. The highest BCUT2D eigenvalue weighted by Crippen LogP contribution is 2.35. The fourth-order valence-corrected chi connectivity index (χ4v) is 6.73. The van der Waals surface area contributed by atoms with E-state index in [9.17, 15) is 26.4 Å². The molecule has 33 heavy (non-hydrogen) atoms. The lowest BCUT2D eigenvalue weighted by molar-refractivity contribution is -0.160. The highest BCUT2D eigenvalue weighted by atomic mass is 32.2. The molecule has 3 rings (SSSR count). The maximum atomic E-state index is 13.2. The standard InChI is InChI=1S/C22H33N3O6S2/c1-5-12-25-20(26)19(15-16(2)3)23-21(27)22(25)10-13-24(14-11-22)33(30,31)18-8-6-17(7-9-18)32(4,28)29/h6-9,16,19H,5,10-15H2,1-4H3,(H,23,27). The van der Waals surface area contributed by atoms with E-state index in [1.54, 1.807) is 4.90 Å². The van der Waals surface area contributed by atoms with E-state index in [2.05, 4.69) is 5.32 Å². The minimum absolute atomic E-state index is 0.00238. The number of rotatable bonds is 7. The molecule has 184 valence electrons. The summed E-state index contributed by atoms with van der Waals surface area (Å²) in [7, 11) is -7.30. The fraction of sp³-hybridized carbons (Fsp3) is 0.636. The van der Waals surface area contributed by atoms with Crippen LogP contribution >= 0.6 is 0 Å². The summed E-state index contributed by atoms with van der Waals surface area (Å²) in [6, 6.07) is 4.57. The summed E-state index contributed by atoms with van der Waals surface area (Å²) in [5, 5.41) is 2.90. The Hall–Kier alpha value is -1.98. The van der Waals surface area contributed by atoms with Crippen molar-refractivity contribution in [2.24, 2.45) is 5.92 Å². The molecule has 1 atom stereocenters. The van der Waals surface area contributed by atoms with E-state index in [4.69, 9.17) is 0 Å². The maximum absolute atomic E-state index is 13.2. The van der Waals surface area contributed by atoms with Crippen molar-refractivity contribution >= 4 is 31.7 Å². The summed E-state index contributed by atoms with van der Waals surface area (Å²) in [4.78, 5) is 28.1. The maximum Gasteiger partial charge on any atom is 0.246 e. The molecule has 0 bridgehead atoms. The van der Waals surface area contributed by atoms with Crippen LogP contribution in [0.5, 0.6) is 0 Å². The van der Waals surface area contributed by atoms with Gasteiger partial charge in [0, 0.05) is 25.9 Å². The monoisotopic (exact) mass is 499 g/mol. The molecule has 2 fully saturated rings. The average molecular weight is 500 g/mol. The molecule has 2 aliphatic heterocycles. The quantitative estimate of drug-likeness (QED) is 0.605. The number of sulfone groups is 1. The Morgan fingerprint density at radius 3 is 2.06 bits per heavy atom. The van der Waals surface area contributed by atoms with Crippen LogP contribution in [0.15, 0.2) is 34.1 Å². The van der Waals surface area contributed by atoms with E-state index in [1.807, 2.05) is 20.8 Å². The summed E-state index contributed by atoms with van der Waals surface area (Å²) >= 11 is 0. The molecule has 0 radical (unpaired) electrons. The molecule has 1 N–H and O–H groups in total. The number of amides is 2. The number of piperazine rings is 1. The second kappa shape index (κ2) is 9.34. The van der Waals surface area contributed by atoms with E-state index >= 15 is 0 Å². The Morgan fingerprint density at radius 2 is 1.58 bits per heavy atom. The summed E-state index contributed by atoms with van der Waals surface area (Å²) in [5.41, 5.74) is -1.05. The Balaban J connectivity index is 1.81. The van der Waals surface area contributed by atoms with Gasteiger partial charge in [-0.3, -0.25) is 9.59 Å². The van der Waals surface area contributed by atoms with Gasteiger partial charge in [0.2, 0.25) is 21.8 Å². The van der Waals surface area contributed by atoms with Crippen molar-refractivity contribution in [1.82, 2.24) is 14.5 Å². The first kappa shape index (κ1) is 25.6. The lowest BCUT2D eigenvalue weighted by atomic mass is 9.81. The molecule has 0 aliphatic carbocycles. The van der Waals surface area contributed by atoms with Gasteiger partial charge in [-0.2, -0.15) is 4.31 Å². The molecule has 0 aromatic heterocycles. The van der Waals surface area contributed by atoms with Crippen molar-refractivity contribution in [2.75, 3.05) is 25.9 Å². The van der Waals surface area contributed by atoms with Crippen LogP contribution in [0.4, 0.5) is 0 Å². The number of hydrogen-bond donors (Lipinski definition) is 1. The first-order valence-corrected chi connectivity index (χ1v) is 14.6. The molecular formula is C22H33N3O6S2. The van der Waals surface area contributed by atoms with E-state index in [-0.39, 0.29) is 53.5 Å². The first-order chi connectivity index (χ1) is 15.3. The number of benzene rings is 1. The molecule has 0 saturated carbocycles. The Morgan fingerprint density at radius 1 is 1.03 bits per heavy atom. The summed E-state index contributed by atoms with van der Waals surface area (Å²) in [6.07, 6.45) is 2.73. The van der Waals surface area contributed by atoms with Gasteiger partial charge in [0.05, 0.1) is 9.79 Å². The van der Waals surface area contributed by atoms with E-state index in [1.165, 1.54) is 28.6 Å². The molecule has 1 unspecified atom stereocenters. The SMILES string of the molecule is CCCN1C(=O)C(CC(C)C)NC(=O)C12CCN(S(=O)(=O)c1ccc(S(C)(=O)=O)cc1)CC2. The van der Waals surface area contributed by atoms with Gasteiger partial charge in [-0.05, 0) is 55.9 Å². The Labute approximate surface area is 196 Å². The smallest absolute Gasteiger partial charge is 0.246 e. The number of nitrogens with zero attached hydrogens (tertiary/aromatic N) is 2. The van der Waals surface area contributed by atoms with E-state index in [0.717, 1.165) is 6.26 Å². The predicted molar refractivity (Wildman–Crippen MR) is 124 cm³/mol. The Kier molecular flexibility index (Phi) is 7.26. The summed E-state index contributed by atoms with van der Waals surface area (Å²) in [6.45, 7) is 6.57. The van der Waals surface area contributed by atoms with Gasteiger partial charge >= 0.3 is 0 Å². The van der Waals surface area contributed by atoms with Gasteiger partial charge in [-0.25, -0.2) is 16.8 Å². The second-order valence-corrected chi connectivity index (χ2v) is 13.3. The average Bonchev–Trinajstić information content (AvgIpc) is 2.75.